The fourth-order valence-corrected chi connectivity index (χ4v) is 2.29. The Hall–Kier alpha value is -2.02. The van der Waals surface area contributed by atoms with Gasteiger partial charge in [0.15, 0.2) is 11.6 Å². The molecule has 5 nitrogen and oxygen atoms in total. The van der Waals surface area contributed by atoms with Gasteiger partial charge < -0.3 is 10.4 Å². The van der Waals surface area contributed by atoms with Gasteiger partial charge in [-0.1, -0.05) is 6.92 Å². The largest absolute Gasteiger partial charge is 0.478 e. The lowest BCUT2D eigenvalue weighted by Crippen LogP contribution is -2.08. The first kappa shape index (κ1) is 13.4. The molecule has 0 bridgehead atoms. The molecule has 0 fully saturated rings. The summed E-state index contributed by atoms with van der Waals surface area (Å²) in [6.45, 7) is 2.35. The van der Waals surface area contributed by atoms with Gasteiger partial charge in [-0.25, -0.2) is 19.2 Å². The number of anilines is 1. The molecule has 0 unspecified atom stereocenters. The fourth-order valence-electron chi connectivity index (χ4n) is 1.48. The molecule has 0 atom stereocenters. The third-order valence-electron chi connectivity index (χ3n) is 2.48. The number of carboxylic acids is 1. The maximum absolute atomic E-state index is 13.8. The van der Waals surface area contributed by atoms with Gasteiger partial charge in [0, 0.05) is 17.3 Å². The minimum atomic E-state index is -1.31. The fraction of sp³-hybridized carbons (Fsp3) is 0.250. The molecule has 0 aliphatic rings. The average Bonchev–Trinajstić information content (AvgIpc) is 2.85. The molecule has 0 amide bonds. The first-order valence-electron chi connectivity index (χ1n) is 5.67. The minimum absolute atomic E-state index is 0.0758. The molecule has 7 heteroatoms. The van der Waals surface area contributed by atoms with Crippen LogP contribution in [-0.2, 0) is 13.0 Å². The van der Waals surface area contributed by atoms with Crippen molar-refractivity contribution in [3.8, 4) is 0 Å². The molecule has 2 aromatic rings. The van der Waals surface area contributed by atoms with E-state index in [0.29, 0.717) is 6.54 Å². The minimum Gasteiger partial charge on any atom is -0.478 e. The molecule has 0 aliphatic heterocycles. The van der Waals surface area contributed by atoms with Gasteiger partial charge in [-0.05, 0) is 12.5 Å². The Labute approximate surface area is 113 Å². The molecule has 0 aliphatic carbocycles. The highest BCUT2D eigenvalue weighted by Gasteiger charge is 2.15. The van der Waals surface area contributed by atoms with Crippen molar-refractivity contribution in [1.29, 1.82) is 0 Å². The Balaban J connectivity index is 2.11. The molecule has 2 heterocycles. The lowest BCUT2D eigenvalue weighted by molar-refractivity contribution is 0.0692. The molecule has 2 N–H and O–H groups in total. The lowest BCUT2D eigenvalue weighted by Gasteiger charge is -2.06. The molecule has 0 radical (unpaired) electrons. The number of pyridine rings is 1. The molecule has 0 aromatic carbocycles. The van der Waals surface area contributed by atoms with Crippen molar-refractivity contribution in [1.82, 2.24) is 9.97 Å². The summed E-state index contributed by atoms with van der Waals surface area (Å²) in [5.74, 6) is -2.25. The van der Waals surface area contributed by atoms with Gasteiger partial charge in [0.05, 0.1) is 6.54 Å². The maximum atomic E-state index is 13.8. The summed E-state index contributed by atoms with van der Waals surface area (Å²) < 4.78 is 13.8. The number of aromatic carboxylic acids is 1. The number of rotatable bonds is 5. The maximum Gasteiger partial charge on any atom is 0.338 e. The van der Waals surface area contributed by atoms with Crippen molar-refractivity contribution in [2.45, 2.75) is 19.9 Å². The second kappa shape index (κ2) is 5.75. The van der Waals surface area contributed by atoms with Gasteiger partial charge in [0.2, 0.25) is 0 Å². The molecular weight excluding hydrogens is 269 g/mol. The van der Waals surface area contributed by atoms with Gasteiger partial charge in [-0.3, -0.25) is 0 Å². The normalized spacial score (nSPS) is 10.4. The number of aryl methyl sites for hydroxylation is 1. The summed E-state index contributed by atoms with van der Waals surface area (Å²) in [4.78, 5) is 19.9. The summed E-state index contributed by atoms with van der Waals surface area (Å²) >= 11 is 1.53. The van der Waals surface area contributed by atoms with Crippen LogP contribution in [0.25, 0.3) is 0 Å². The van der Waals surface area contributed by atoms with Crippen LogP contribution in [0, 0.1) is 5.82 Å². The number of carbonyl (C=O) groups is 1. The second-order valence-corrected chi connectivity index (χ2v) is 4.95. The predicted molar refractivity (Wildman–Crippen MR) is 70.0 cm³/mol. The van der Waals surface area contributed by atoms with Crippen LogP contribution < -0.4 is 5.32 Å². The summed E-state index contributed by atoms with van der Waals surface area (Å²) in [6, 6.07) is 1.13. The number of carboxylic acid groups (broad SMARTS) is 1. The van der Waals surface area contributed by atoms with E-state index in [1.807, 2.05) is 6.92 Å². The van der Waals surface area contributed by atoms with E-state index in [-0.39, 0.29) is 5.82 Å². The zero-order valence-electron chi connectivity index (χ0n) is 10.2. The zero-order valence-corrected chi connectivity index (χ0v) is 11.0. The van der Waals surface area contributed by atoms with Crippen LogP contribution in [0.4, 0.5) is 10.2 Å². The van der Waals surface area contributed by atoms with E-state index >= 15 is 0 Å². The van der Waals surface area contributed by atoms with Crippen LogP contribution in [0.1, 0.15) is 27.2 Å². The smallest absolute Gasteiger partial charge is 0.338 e. The van der Waals surface area contributed by atoms with Crippen molar-refractivity contribution in [2.75, 3.05) is 5.32 Å². The Morgan fingerprint density at radius 3 is 2.95 bits per heavy atom. The van der Waals surface area contributed by atoms with Crippen LogP contribution >= 0.6 is 11.3 Å². The highest BCUT2D eigenvalue weighted by molar-refractivity contribution is 7.11. The molecule has 0 spiro atoms. The van der Waals surface area contributed by atoms with Crippen molar-refractivity contribution in [3.63, 3.8) is 0 Å². The average molecular weight is 281 g/mol. The highest BCUT2D eigenvalue weighted by Crippen LogP contribution is 2.18. The molecule has 0 saturated heterocycles. The molecule has 2 aromatic heterocycles. The Morgan fingerprint density at radius 2 is 2.32 bits per heavy atom. The standard InChI is InChI=1S/C12H12FN3O2S/c1-2-7-5-15-9(19-7)6-16-11-10(13)8(12(17)18)3-4-14-11/h3-5H,2,6H2,1H3,(H,14,16)(H,17,18). The molecular formula is C12H12FN3O2S. The number of nitrogens with zero attached hydrogens (tertiary/aromatic N) is 2. The molecule has 2 rings (SSSR count). The highest BCUT2D eigenvalue weighted by atomic mass is 32.1. The summed E-state index contributed by atoms with van der Waals surface area (Å²) in [6.07, 6.45) is 3.94. The summed E-state index contributed by atoms with van der Waals surface area (Å²) in [5, 5.41) is 12.4. The van der Waals surface area contributed by atoms with E-state index in [4.69, 9.17) is 5.11 Å². The summed E-state index contributed by atoms with van der Waals surface area (Å²) in [7, 11) is 0. The van der Waals surface area contributed by atoms with Crippen LogP contribution in [0.3, 0.4) is 0 Å². The third kappa shape index (κ3) is 3.05. The number of thiazole rings is 1. The van der Waals surface area contributed by atoms with E-state index < -0.39 is 17.3 Å². The van der Waals surface area contributed by atoms with Crippen molar-refractivity contribution >= 4 is 23.1 Å². The quantitative estimate of drug-likeness (QED) is 0.881. The van der Waals surface area contributed by atoms with Gasteiger partial charge in [0.1, 0.15) is 10.6 Å². The number of hydrogen-bond acceptors (Lipinski definition) is 5. The van der Waals surface area contributed by atoms with E-state index in [9.17, 15) is 9.18 Å². The lowest BCUT2D eigenvalue weighted by atomic mass is 10.2. The van der Waals surface area contributed by atoms with Crippen LogP contribution in [-0.4, -0.2) is 21.0 Å². The van der Waals surface area contributed by atoms with Gasteiger partial charge in [0.25, 0.3) is 0 Å². The first-order valence-corrected chi connectivity index (χ1v) is 6.48. The molecule has 0 saturated carbocycles. The van der Waals surface area contributed by atoms with Gasteiger partial charge >= 0.3 is 5.97 Å². The molecule has 19 heavy (non-hydrogen) atoms. The monoisotopic (exact) mass is 281 g/mol. The van der Waals surface area contributed by atoms with Gasteiger partial charge in [-0.15, -0.1) is 11.3 Å². The van der Waals surface area contributed by atoms with Crippen molar-refractivity contribution < 1.29 is 14.3 Å². The van der Waals surface area contributed by atoms with E-state index in [0.717, 1.165) is 22.4 Å². The van der Waals surface area contributed by atoms with Crippen molar-refractivity contribution in [2.24, 2.45) is 0 Å². The van der Waals surface area contributed by atoms with Crippen LogP contribution in [0.5, 0.6) is 0 Å². The SMILES string of the molecule is CCc1cnc(CNc2nccc(C(=O)O)c2F)s1. The molecule has 100 valence electrons. The number of aromatic nitrogens is 2. The number of hydrogen-bond donors (Lipinski definition) is 2. The van der Waals surface area contributed by atoms with E-state index in [1.54, 1.807) is 6.20 Å². The topological polar surface area (TPSA) is 75.1 Å². The Morgan fingerprint density at radius 1 is 1.53 bits per heavy atom. The third-order valence-corrected chi connectivity index (χ3v) is 3.62. The first-order chi connectivity index (χ1) is 9.11. The predicted octanol–water partition coefficient (Wildman–Crippen LogP) is 2.55. The van der Waals surface area contributed by atoms with E-state index in [2.05, 4.69) is 15.3 Å². The van der Waals surface area contributed by atoms with Crippen LogP contribution in [0.15, 0.2) is 18.5 Å². The van der Waals surface area contributed by atoms with Crippen molar-refractivity contribution in [3.05, 3.63) is 39.7 Å². The Bertz CT molecular complexity index is 600. The number of nitrogens with one attached hydrogen (secondary N) is 1. The Kier molecular flexibility index (Phi) is 4.06. The zero-order chi connectivity index (χ0) is 13.8. The number of halogens is 1. The van der Waals surface area contributed by atoms with Crippen LogP contribution in [0.2, 0.25) is 0 Å². The second-order valence-electron chi connectivity index (χ2n) is 3.75. The summed E-state index contributed by atoms with van der Waals surface area (Å²) in [5.41, 5.74) is -0.397. The van der Waals surface area contributed by atoms with E-state index in [1.165, 1.54) is 17.5 Å². The van der Waals surface area contributed by atoms with Gasteiger partial charge in [-0.2, -0.15) is 0 Å².